The van der Waals surface area contributed by atoms with Gasteiger partial charge < -0.3 is 10.1 Å². The number of halogens is 2. The summed E-state index contributed by atoms with van der Waals surface area (Å²) in [6.45, 7) is 8.02. The van der Waals surface area contributed by atoms with Crippen LogP contribution in [0.5, 0.6) is 0 Å². The van der Waals surface area contributed by atoms with Gasteiger partial charge in [0.25, 0.3) is 5.91 Å². The first-order chi connectivity index (χ1) is 9.88. The van der Waals surface area contributed by atoms with Gasteiger partial charge in [0.15, 0.2) is 0 Å². The van der Waals surface area contributed by atoms with Gasteiger partial charge in [-0.1, -0.05) is 23.2 Å². The van der Waals surface area contributed by atoms with Crippen molar-refractivity contribution in [2.24, 2.45) is 0 Å². The molecule has 0 saturated carbocycles. The molecule has 0 aromatic heterocycles. The number of morpholine rings is 1. The lowest BCUT2D eigenvalue weighted by Gasteiger charge is -2.40. The number of ether oxygens (including phenoxy) is 1. The van der Waals surface area contributed by atoms with E-state index in [4.69, 9.17) is 27.9 Å². The topological polar surface area (TPSA) is 41.6 Å². The van der Waals surface area contributed by atoms with Gasteiger partial charge in [0, 0.05) is 40.8 Å². The fourth-order valence-corrected chi connectivity index (χ4v) is 2.89. The predicted octanol–water partition coefficient (Wildman–Crippen LogP) is 2.83. The Hall–Kier alpha value is -0.810. The van der Waals surface area contributed by atoms with E-state index in [1.54, 1.807) is 18.2 Å². The Kier molecular flexibility index (Phi) is 5.49. The Morgan fingerprint density at radius 1 is 1.24 bits per heavy atom. The first-order valence-electron chi connectivity index (χ1n) is 6.95. The monoisotopic (exact) mass is 330 g/mol. The molecule has 1 aliphatic heterocycles. The zero-order valence-corrected chi connectivity index (χ0v) is 13.8. The maximum absolute atomic E-state index is 12.2. The van der Waals surface area contributed by atoms with Gasteiger partial charge in [-0.05, 0) is 32.0 Å². The molecular formula is C15H20Cl2N2O2. The Labute approximate surface area is 135 Å². The second kappa shape index (κ2) is 6.97. The number of amides is 1. The van der Waals surface area contributed by atoms with Crippen LogP contribution in [0, 0.1) is 0 Å². The minimum atomic E-state index is -0.166. The molecule has 4 nitrogen and oxygen atoms in total. The zero-order valence-electron chi connectivity index (χ0n) is 12.3. The van der Waals surface area contributed by atoms with Crippen LogP contribution in [0.25, 0.3) is 0 Å². The number of carbonyl (C=O) groups excluding carboxylic acids is 1. The number of nitrogens with zero attached hydrogens (tertiary/aromatic N) is 1. The van der Waals surface area contributed by atoms with Gasteiger partial charge in [-0.2, -0.15) is 0 Å². The number of hydrogen-bond donors (Lipinski definition) is 1. The quantitative estimate of drug-likeness (QED) is 0.922. The second-order valence-corrected chi connectivity index (χ2v) is 6.63. The molecule has 6 heteroatoms. The van der Waals surface area contributed by atoms with E-state index in [-0.39, 0.29) is 11.4 Å². The molecule has 1 aromatic carbocycles. The zero-order chi connectivity index (χ0) is 15.5. The van der Waals surface area contributed by atoms with E-state index < -0.39 is 0 Å². The summed E-state index contributed by atoms with van der Waals surface area (Å²) >= 11 is 11.8. The molecule has 0 spiro atoms. The number of benzene rings is 1. The third-order valence-corrected chi connectivity index (χ3v) is 4.11. The predicted molar refractivity (Wildman–Crippen MR) is 85.3 cm³/mol. The Morgan fingerprint density at radius 2 is 1.81 bits per heavy atom. The van der Waals surface area contributed by atoms with Gasteiger partial charge in [0.1, 0.15) is 0 Å². The Balaban J connectivity index is 1.96. The van der Waals surface area contributed by atoms with Crippen molar-refractivity contribution in [1.82, 2.24) is 10.2 Å². The largest absolute Gasteiger partial charge is 0.379 e. The summed E-state index contributed by atoms with van der Waals surface area (Å²) in [4.78, 5) is 14.5. The van der Waals surface area contributed by atoms with Crippen molar-refractivity contribution in [3.63, 3.8) is 0 Å². The molecule has 1 aliphatic rings. The molecule has 1 saturated heterocycles. The van der Waals surface area contributed by atoms with E-state index >= 15 is 0 Å². The van der Waals surface area contributed by atoms with Crippen LogP contribution in [0.4, 0.5) is 0 Å². The molecule has 1 heterocycles. The highest BCUT2D eigenvalue weighted by Gasteiger charge is 2.28. The third kappa shape index (κ3) is 4.58. The SMILES string of the molecule is CC(C)(CNC(=O)c1cc(Cl)cc(Cl)c1)N1CCOCC1. The summed E-state index contributed by atoms with van der Waals surface area (Å²) in [7, 11) is 0. The minimum absolute atomic E-state index is 0.123. The molecule has 0 aliphatic carbocycles. The minimum Gasteiger partial charge on any atom is -0.379 e. The molecule has 0 bridgehead atoms. The van der Waals surface area contributed by atoms with Gasteiger partial charge in [-0.3, -0.25) is 9.69 Å². The van der Waals surface area contributed by atoms with Gasteiger partial charge in [0.05, 0.1) is 13.2 Å². The normalized spacial score (nSPS) is 16.8. The van der Waals surface area contributed by atoms with Crippen molar-refractivity contribution in [1.29, 1.82) is 0 Å². The lowest BCUT2D eigenvalue weighted by molar-refractivity contribution is -0.00923. The fraction of sp³-hybridized carbons (Fsp3) is 0.533. The van der Waals surface area contributed by atoms with Crippen LogP contribution in [0.2, 0.25) is 10.0 Å². The summed E-state index contributed by atoms with van der Waals surface area (Å²) in [6.07, 6.45) is 0. The van der Waals surface area contributed by atoms with Crippen molar-refractivity contribution in [2.45, 2.75) is 19.4 Å². The van der Waals surface area contributed by atoms with Gasteiger partial charge in [-0.15, -0.1) is 0 Å². The van der Waals surface area contributed by atoms with Crippen molar-refractivity contribution < 1.29 is 9.53 Å². The molecule has 1 aromatic rings. The third-order valence-electron chi connectivity index (χ3n) is 3.67. The number of rotatable bonds is 4. The highest BCUT2D eigenvalue weighted by Crippen LogP contribution is 2.20. The van der Waals surface area contributed by atoms with Crippen LogP contribution < -0.4 is 5.32 Å². The van der Waals surface area contributed by atoms with Gasteiger partial charge >= 0.3 is 0 Å². The van der Waals surface area contributed by atoms with E-state index in [1.165, 1.54) is 0 Å². The van der Waals surface area contributed by atoms with E-state index in [1.807, 2.05) is 0 Å². The smallest absolute Gasteiger partial charge is 0.251 e. The highest BCUT2D eigenvalue weighted by atomic mass is 35.5. The average molecular weight is 331 g/mol. The molecule has 116 valence electrons. The summed E-state index contributed by atoms with van der Waals surface area (Å²) in [5, 5.41) is 3.87. The molecule has 1 amide bonds. The average Bonchev–Trinajstić information content (AvgIpc) is 2.45. The van der Waals surface area contributed by atoms with Crippen LogP contribution in [-0.4, -0.2) is 49.2 Å². The van der Waals surface area contributed by atoms with E-state index in [0.717, 1.165) is 26.3 Å². The number of nitrogens with one attached hydrogen (secondary N) is 1. The first kappa shape index (κ1) is 16.6. The Bertz CT molecular complexity index is 494. The maximum atomic E-state index is 12.2. The standard InChI is InChI=1S/C15H20Cl2N2O2/c1-15(2,19-3-5-21-6-4-19)10-18-14(20)11-7-12(16)9-13(17)8-11/h7-9H,3-6,10H2,1-2H3,(H,18,20). The summed E-state index contributed by atoms with van der Waals surface area (Å²) in [6, 6.07) is 4.84. The maximum Gasteiger partial charge on any atom is 0.251 e. The molecule has 0 atom stereocenters. The molecular weight excluding hydrogens is 311 g/mol. The molecule has 1 N–H and O–H groups in total. The first-order valence-corrected chi connectivity index (χ1v) is 7.71. The van der Waals surface area contributed by atoms with Crippen molar-refractivity contribution in [3.8, 4) is 0 Å². The molecule has 1 fully saturated rings. The van der Waals surface area contributed by atoms with E-state index in [0.29, 0.717) is 22.2 Å². The second-order valence-electron chi connectivity index (χ2n) is 5.75. The highest BCUT2D eigenvalue weighted by molar-refractivity contribution is 6.35. The number of carbonyl (C=O) groups is 1. The van der Waals surface area contributed by atoms with Gasteiger partial charge in [-0.25, -0.2) is 0 Å². The lowest BCUT2D eigenvalue weighted by Crippen LogP contribution is -2.55. The van der Waals surface area contributed by atoms with Crippen LogP contribution in [0.3, 0.4) is 0 Å². The van der Waals surface area contributed by atoms with Crippen molar-refractivity contribution in [3.05, 3.63) is 33.8 Å². The molecule has 0 radical (unpaired) electrons. The molecule has 2 rings (SSSR count). The summed E-state index contributed by atoms with van der Waals surface area (Å²) < 4.78 is 5.36. The van der Waals surface area contributed by atoms with Crippen LogP contribution in [0.15, 0.2) is 18.2 Å². The molecule has 21 heavy (non-hydrogen) atoms. The van der Waals surface area contributed by atoms with Crippen LogP contribution in [0.1, 0.15) is 24.2 Å². The number of hydrogen-bond acceptors (Lipinski definition) is 3. The van der Waals surface area contributed by atoms with Crippen LogP contribution in [-0.2, 0) is 4.74 Å². The molecule has 0 unspecified atom stereocenters. The fourth-order valence-electron chi connectivity index (χ4n) is 2.36. The summed E-state index contributed by atoms with van der Waals surface area (Å²) in [5.41, 5.74) is 0.354. The van der Waals surface area contributed by atoms with Crippen molar-refractivity contribution >= 4 is 29.1 Å². The van der Waals surface area contributed by atoms with Crippen LogP contribution >= 0.6 is 23.2 Å². The van der Waals surface area contributed by atoms with Crippen molar-refractivity contribution in [2.75, 3.05) is 32.8 Å². The van der Waals surface area contributed by atoms with E-state index in [9.17, 15) is 4.79 Å². The van der Waals surface area contributed by atoms with E-state index in [2.05, 4.69) is 24.1 Å². The van der Waals surface area contributed by atoms with Gasteiger partial charge in [0.2, 0.25) is 0 Å². The Morgan fingerprint density at radius 3 is 2.38 bits per heavy atom. The summed E-state index contributed by atoms with van der Waals surface area (Å²) in [5.74, 6) is -0.166. The lowest BCUT2D eigenvalue weighted by atomic mass is 10.0.